The fourth-order valence-corrected chi connectivity index (χ4v) is 5.40. The van der Waals surface area contributed by atoms with Crippen LogP contribution in [0.15, 0.2) is 69.9 Å². The first-order chi connectivity index (χ1) is 19.6. The Kier molecular flexibility index (Phi) is 7.07. The van der Waals surface area contributed by atoms with Crippen LogP contribution in [0.5, 0.6) is 23.0 Å². The predicted octanol–water partition coefficient (Wildman–Crippen LogP) is 6.23. The van der Waals surface area contributed by atoms with Crippen LogP contribution in [0, 0.1) is 0 Å². The number of fused-ring (bicyclic) bond motifs is 3. The van der Waals surface area contributed by atoms with Gasteiger partial charge in [0.15, 0.2) is 28.4 Å². The summed E-state index contributed by atoms with van der Waals surface area (Å²) in [6, 6.07) is 17.5. The number of hydrogen-bond donors (Lipinski definition) is 0. The van der Waals surface area contributed by atoms with Crippen LogP contribution in [-0.4, -0.2) is 31.3 Å². The third kappa shape index (κ3) is 4.63. The lowest BCUT2D eigenvalue weighted by Crippen LogP contribution is -2.29. The zero-order valence-corrected chi connectivity index (χ0v) is 22.6. The fraction of sp³-hybridized carbons (Fsp3) is 0.312. The highest BCUT2D eigenvalue weighted by Gasteiger charge is 2.43. The molecule has 2 aliphatic rings. The second kappa shape index (κ2) is 11.0. The zero-order chi connectivity index (χ0) is 27.6. The third-order valence-corrected chi connectivity index (χ3v) is 7.42. The van der Waals surface area contributed by atoms with E-state index < -0.39 is 6.04 Å². The number of carbonyl (C=O) groups excluding carboxylic acids is 1. The van der Waals surface area contributed by atoms with E-state index in [4.69, 9.17) is 23.4 Å². The second-order valence-corrected chi connectivity index (χ2v) is 10.0. The monoisotopic (exact) mass is 541 g/mol. The van der Waals surface area contributed by atoms with Crippen LogP contribution in [-0.2, 0) is 6.54 Å². The number of methoxy groups -OCH3 is 1. The van der Waals surface area contributed by atoms with Gasteiger partial charge in [0.2, 0.25) is 12.6 Å². The van der Waals surface area contributed by atoms with E-state index in [9.17, 15) is 9.59 Å². The van der Waals surface area contributed by atoms with Crippen LogP contribution in [0.2, 0.25) is 0 Å². The van der Waals surface area contributed by atoms with Gasteiger partial charge in [-0.3, -0.25) is 9.59 Å². The van der Waals surface area contributed by atoms with Crippen molar-refractivity contribution in [2.24, 2.45) is 0 Å². The van der Waals surface area contributed by atoms with Gasteiger partial charge in [-0.2, -0.15) is 0 Å². The minimum Gasteiger partial charge on any atom is -0.493 e. The molecule has 0 spiro atoms. The summed E-state index contributed by atoms with van der Waals surface area (Å²) in [6.45, 7) is 3.16. The van der Waals surface area contributed by atoms with Crippen molar-refractivity contribution in [3.63, 3.8) is 0 Å². The molecule has 6 rings (SSSR count). The summed E-state index contributed by atoms with van der Waals surface area (Å²) in [5, 5.41) is 0.433. The molecule has 1 amide bonds. The maximum atomic E-state index is 13.8. The topological polar surface area (TPSA) is 87.4 Å². The van der Waals surface area contributed by atoms with Crippen molar-refractivity contribution in [3.8, 4) is 23.0 Å². The Morgan fingerprint density at radius 2 is 1.77 bits per heavy atom. The van der Waals surface area contributed by atoms with Crippen molar-refractivity contribution < 1.29 is 28.2 Å². The standard InChI is InChI=1S/C32H31NO7/c1-3-4-5-8-15-37-24-14-12-21(17-26(24)36-2)29-28-30(34)22-9-6-7-10-23(22)40-31(28)32(35)33(29)18-20-11-13-25-27(16-20)39-19-38-25/h6-7,9-14,16-17,29H,3-5,8,15,18-19H2,1-2H3. The van der Waals surface area contributed by atoms with Crippen LogP contribution >= 0.6 is 0 Å². The lowest BCUT2D eigenvalue weighted by Gasteiger charge is -2.26. The number of amides is 1. The Morgan fingerprint density at radius 3 is 2.62 bits per heavy atom. The molecule has 3 aromatic carbocycles. The molecule has 0 radical (unpaired) electrons. The molecule has 0 N–H and O–H groups in total. The van der Waals surface area contributed by atoms with Gasteiger partial charge < -0.3 is 28.3 Å². The van der Waals surface area contributed by atoms with Crippen molar-refractivity contribution in [3.05, 3.63) is 93.3 Å². The van der Waals surface area contributed by atoms with E-state index >= 15 is 0 Å². The summed E-state index contributed by atoms with van der Waals surface area (Å²) in [4.78, 5) is 29.3. The highest BCUT2D eigenvalue weighted by molar-refractivity contribution is 5.99. The maximum Gasteiger partial charge on any atom is 0.291 e. The average molecular weight is 542 g/mol. The first-order valence-corrected chi connectivity index (χ1v) is 13.6. The van der Waals surface area contributed by atoms with Gasteiger partial charge in [-0.1, -0.05) is 50.5 Å². The summed E-state index contributed by atoms with van der Waals surface area (Å²) < 4.78 is 28.8. The van der Waals surface area contributed by atoms with Crippen molar-refractivity contribution in [1.82, 2.24) is 4.90 Å². The number of benzene rings is 3. The van der Waals surface area contributed by atoms with Gasteiger partial charge in [0.25, 0.3) is 5.91 Å². The van der Waals surface area contributed by atoms with Gasteiger partial charge in [0, 0.05) is 6.54 Å². The highest BCUT2D eigenvalue weighted by Crippen LogP contribution is 2.42. The molecule has 0 saturated carbocycles. The Bertz CT molecular complexity index is 1630. The fourth-order valence-electron chi connectivity index (χ4n) is 5.40. The van der Waals surface area contributed by atoms with Crippen LogP contribution < -0.4 is 24.4 Å². The summed E-state index contributed by atoms with van der Waals surface area (Å²) >= 11 is 0. The number of rotatable bonds is 10. The van der Waals surface area contributed by atoms with Gasteiger partial charge in [0.1, 0.15) is 5.58 Å². The normalized spacial score (nSPS) is 15.5. The summed E-state index contributed by atoms with van der Waals surface area (Å²) in [6.07, 6.45) is 4.40. The molecular formula is C32H31NO7. The minimum atomic E-state index is -0.679. The van der Waals surface area contributed by atoms with Gasteiger partial charge in [-0.05, 0) is 53.9 Å². The number of unbranched alkanes of at least 4 members (excludes halogenated alkanes) is 3. The quantitative estimate of drug-likeness (QED) is 0.220. The van der Waals surface area contributed by atoms with E-state index in [0.717, 1.165) is 30.4 Å². The molecule has 8 heteroatoms. The van der Waals surface area contributed by atoms with E-state index in [-0.39, 0.29) is 30.4 Å². The van der Waals surface area contributed by atoms with E-state index in [1.165, 1.54) is 6.42 Å². The smallest absolute Gasteiger partial charge is 0.291 e. The Hall–Kier alpha value is -4.46. The molecule has 0 fully saturated rings. The van der Waals surface area contributed by atoms with Gasteiger partial charge >= 0.3 is 0 Å². The van der Waals surface area contributed by atoms with Crippen molar-refractivity contribution in [1.29, 1.82) is 0 Å². The number of ether oxygens (including phenoxy) is 4. The average Bonchev–Trinajstić information content (AvgIpc) is 3.55. The van der Waals surface area contributed by atoms with E-state index in [1.807, 2.05) is 36.4 Å². The molecule has 3 heterocycles. The number of carbonyl (C=O) groups is 1. The van der Waals surface area contributed by atoms with Crippen molar-refractivity contribution in [2.75, 3.05) is 20.5 Å². The second-order valence-electron chi connectivity index (χ2n) is 10.0. The lowest BCUT2D eigenvalue weighted by molar-refractivity contribution is 0.0714. The first kappa shape index (κ1) is 25.8. The summed E-state index contributed by atoms with van der Waals surface area (Å²) in [7, 11) is 1.59. The molecular weight excluding hydrogens is 510 g/mol. The molecule has 1 unspecified atom stereocenters. The van der Waals surface area contributed by atoms with Crippen molar-refractivity contribution >= 4 is 16.9 Å². The third-order valence-electron chi connectivity index (χ3n) is 7.42. The molecule has 0 saturated heterocycles. The molecule has 1 atom stereocenters. The predicted molar refractivity (Wildman–Crippen MR) is 149 cm³/mol. The molecule has 8 nitrogen and oxygen atoms in total. The van der Waals surface area contributed by atoms with Crippen molar-refractivity contribution in [2.45, 2.75) is 45.2 Å². The molecule has 0 aliphatic carbocycles. The zero-order valence-electron chi connectivity index (χ0n) is 22.6. The highest BCUT2D eigenvalue weighted by atomic mass is 16.7. The molecule has 2 aliphatic heterocycles. The Labute approximate surface area is 232 Å². The molecule has 40 heavy (non-hydrogen) atoms. The van der Waals surface area contributed by atoms with Crippen LogP contribution in [0.4, 0.5) is 0 Å². The number of nitrogens with zero attached hydrogens (tertiary/aromatic N) is 1. The molecule has 0 bridgehead atoms. The molecule has 4 aromatic rings. The van der Waals surface area contributed by atoms with Gasteiger partial charge in [-0.15, -0.1) is 0 Å². The minimum absolute atomic E-state index is 0.0599. The number of para-hydroxylation sites is 1. The van der Waals surface area contributed by atoms with Gasteiger partial charge in [0.05, 0.1) is 30.7 Å². The first-order valence-electron chi connectivity index (χ1n) is 13.6. The van der Waals surface area contributed by atoms with Crippen LogP contribution in [0.1, 0.15) is 65.9 Å². The Balaban J connectivity index is 1.40. The number of hydrogen-bond acceptors (Lipinski definition) is 7. The Morgan fingerprint density at radius 1 is 0.925 bits per heavy atom. The van der Waals surface area contributed by atoms with E-state index in [0.29, 0.717) is 46.1 Å². The molecule has 1 aromatic heterocycles. The SMILES string of the molecule is CCCCCCOc1ccc(C2c3c(oc4ccccc4c3=O)C(=O)N2Cc2ccc3c(c2)OCO3)cc1OC. The lowest BCUT2D eigenvalue weighted by atomic mass is 9.97. The van der Waals surface area contributed by atoms with Gasteiger partial charge in [-0.25, -0.2) is 0 Å². The van der Waals surface area contributed by atoms with E-state index in [2.05, 4.69) is 6.92 Å². The van der Waals surface area contributed by atoms with Crippen LogP contribution in [0.3, 0.4) is 0 Å². The molecule has 206 valence electrons. The summed E-state index contributed by atoms with van der Waals surface area (Å²) in [5.74, 6) is 2.16. The largest absolute Gasteiger partial charge is 0.493 e. The summed E-state index contributed by atoms with van der Waals surface area (Å²) in [5.41, 5.74) is 2.04. The maximum absolute atomic E-state index is 13.8. The van der Waals surface area contributed by atoms with Crippen LogP contribution in [0.25, 0.3) is 11.0 Å². The van der Waals surface area contributed by atoms with E-state index in [1.54, 1.807) is 36.3 Å².